The maximum absolute atomic E-state index is 14.4. The zero-order valence-corrected chi connectivity index (χ0v) is 32.1. The lowest BCUT2D eigenvalue weighted by Gasteiger charge is -2.40. The number of amides is 4. The molecule has 290 valence electrons. The van der Waals surface area contributed by atoms with Crippen molar-refractivity contribution in [2.45, 2.75) is 101 Å². The van der Waals surface area contributed by atoms with Crippen molar-refractivity contribution in [2.24, 2.45) is 5.92 Å². The van der Waals surface area contributed by atoms with E-state index in [1.165, 1.54) is 4.90 Å². The number of sulfonamides is 1. The number of rotatable bonds is 6. The Morgan fingerprint density at radius 2 is 1.89 bits per heavy atom. The molecule has 1 saturated heterocycles. The van der Waals surface area contributed by atoms with E-state index in [9.17, 15) is 36.0 Å². The Morgan fingerprint density at radius 3 is 2.59 bits per heavy atom. The number of urea groups is 1. The molecule has 2 saturated carbocycles. The van der Waals surface area contributed by atoms with Crippen molar-refractivity contribution in [3.05, 3.63) is 52.6 Å². The molecule has 0 radical (unpaired) electrons. The van der Waals surface area contributed by atoms with Crippen LogP contribution in [0.4, 0.5) is 18.0 Å². The number of thiazole rings is 1. The quantitative estimate of drug-likeness (QED) is 0.295. The lowest BCUT2D eigenvalue weighted by Crippen LogP contribution is -2.61. The van der Waals surface area contributed by atoms with Gasteiger partial charge in [-0.2, -0.15) is 13.2 Å². The molecule has 4 aliphatic rings. The van der Waals surface area contributed by atoms with Gasteiger partial charge in [-0.1, -0.05) is 18.2 Å². The second-order valence-electron chi connectivity index (χ2n) is 15.2. The Bertz CT molecular complexity index is 2150. The van der Waals surface area contributed by atoms with Gasteiger partial charge in [0.2, 0.25) is 15.9 Å². The number of fused-ring (bicyclic) bond motifs is 3. The minimum atomic E-state index is -4.62. The van der Waals surface area contributed by atoms with Gasteiger partial charge >= 0.3 is 12.2 Å². The molecule has 2 aromatic heterocycles. The highest BCUT2D eigenvalue weighted by Gasteiger charge is 2.63. The van der Waals surface area contributed by atoms with Crippen LogP contribution in [-0.4, -0.2) is 88.6 Å². The van der Waals surface area contributed by atoms with Crippen LogP contribution in [-0.2, 0) is 25.8 Å². The molecule has 17 heteroatoms. The summed E-state index contributed by atoms with van der Waals surface area (Å²) in [5, 5.41) is 4.51. The molecule has 2 N–H and O–H groups in total. The molecule has 4 amide bonds. The predicted octanol–water partition coefficient (Wildman–Crippen LogP) is 5.87. The Kier molecular flexibility index (Phi) is 9.72. The average molecular weight is 789 g/mol. The predicted molar refractivity (Wildman–Crippen MR) is 196 cm³/mol. The van der Waals surface area contributed by atoms with Crippen LogP contribution in [0.2, 0.25) is 0 Å². The maximum Gasteiger partial charge on any atom is 0.434 e. The molecule has 2 aliphatic carbocycles. The number of aromatic nitrogens is 2. The summed E-state index contributed by atoms with van der Waals surface area (Å²) >= 11 is 0.820. The number of alkyl halides is 3. The number of nitrogens with one attached hydrogen (secondary N) is 2. The largest absolute Gasteiger partial charge is 0.489 e. The van der Waals surface area contributed by atoms with Crippen LogP contribution < -0.4 is 14.8 Å². The number of piperidine rings is 1. The van der Waals surface area contributed by atoms with Crippen molar-refractivity contribution >= 4 is 50.1 Å². The molecule has 0 spiro atoms. The molecule has 7 rings (SSSR count). The van der Waals surface area contributed by atoms with E-state index in [4.69, 9.17) is 9.72 Å². The van der Waals surface area contributed by atoms with Crippen LogP contribution in [0.15, 0.2) is 35.7 Å². The molecule has 0 bridgehead atoms. The molecule has 0 unspecified atom stereocenters. The molecule has 54 heavy (non-hydrogen) atoms. The van der Waals surface area contributed by atoms with Gasteiger partial charge in [0, 0.05) is 55.7 Å². The van der Waals surface area contributed by atoms with Gasteiger partial charge in [0.1, 0.15) is 34.1 Å². The van der Waals surface area contributed by atoms with E-state index in [2.05, 4.69) is 15.0 Å². The molecule has 3 fully saturated rings. The van der Waals surface area contributed by atoms with Gasteiger partial charge in [0.25, 0.3) is 5.91 Å². The summed E-state index contributed by atoms with van der Waals surface area (Å²) in [6.07, 6.45) is 2.15. The Balaban J connectivity index is 1.21. The smallest absolute Gasteiger partial charge is 0.434 e. The van der Waals surface area contributed by atoms with E-state index >= 15 is 0 Å². The van der Waals surface area contributed by atoms with Crippen molar-refractivity contribution < 1.29 is 40.7 Å². The van der Waals surface area contributed by atoms with Crippen molar-refractivity contribution in [2.75, 3.05) is 20.1 Å². The van der Waals surface area contributed by atoms with Crippen LogP contribution in [0.25, 0.3) is 21.6 Å². The van der Waals surface area contributed by atoms with E-state index in [1.54, 1.807) is 24.9 Å². The standard InChI is InChI=1S/C37H43F3N6O6S2/c1-21-10-11-25-28(18-26(41-30(25)22(21)2)32-42-29(20-53-32)37(38,39)40)52-24-12-16-46-27(17-24)31(47)43-36(33(48)44-54(50,51)35(3)13-14-35)19-23(36)9-7-5-6-8-15-45(4)34(46)49/h7,9-11,18,20,23-24,27H,5-6,8,12-17,19H2,1-4H3,(H,43,47)(H,44,48)/b9-7-/t23-,24+,27+,36-/m1/s1. The number of carbonyl (C=O) groups excluding carboxylic acids is 3. The van der Waals surface area contributed by atoms with Gasteiger partial charge in [0.05, 0.1) is 10.3 Å². The van der Waals surface area contributed by atoms with Crippen LogP contribution in [0.5, 0.6) is 5.75 Å². The Hall–Kier alpha value is -4.25. The number of halogens is 3. The van der Waals surface area contributed by atoms with E-state index in [0.29, 0.717) is 48.9 Å². The summed E-state index contributed by atoms with van der Waals surface area (Å²) in [6.45, 7) is 5.95. The first-order valence-electron chi connectivity index (χ1n) is 18.1. The summed E-state index contributed by atoms with van der Waals surface area (Å²) < 4.78 is 74.4. The first-order valence-corrected chi connectivity index (χ1v) is 20.5. The van der Waals surface area contributed by atoms with Crippen molar-refractivity contribution in [1.29, 1.82) is 0 Å². The zero-order chi connectivity index (χ0) is 38.8. The third-order valence-electron chi connectivity index (χ3n) is 11.3. The lowest BCUT2D eigenvalue weighted by molar-refractivity contribution is -0.140. The average Bonchev–Trinajstić information content (AvgIpc) is 3.97. The number of allylic oxidation sites excluding steroid dienone is 1. The normalized spacial score (nSPS) is 26.6. The number of carbonyl (C=O) groups is 3. The third kappa shape index (κ3) is 7.16. The number of nitrogens with zero attached hydrogens (tertiary/aromatic N) is 4. The first-order chi connectivity index (χ1) is 25.4. The second kappa shape index (κ2) is 13.8. The topological polar surface area (TPSA) is 151 Å². The molecule has 1 aromatic carbocycles. The van der Waals surface area contributed by atoms with Crippen LogP contribution >= 0.6 is 11.3 Å². The molecule has 3 aromatic rings. The van der Waals surface area contributed by atoms with Crippen LogP contribution in [0, 0.1) is 19.8 Å². The number of hydrogen-bond acceptors (Lipinski definition) is 9. The summed E-state index contributed by atoms with van der Waals surface area (Å²) in [5.74, 6) is -1.52. The van der Waals surface area contributed by atoms with E-state index in [1.807, 2.05) is 38.1 Å². The van der Waals surface area contributed by atoms with Crippen molar-refractivity contribution in [1.82, 2.24) is 29.8 Å². The fraction of sp³-hybridized carbons (Fsp3) is 0.541. The first kappa shape index (κ1) is 38.0. The van der Waals surface area contributed by atoms with Crippen LogP contribution in [0.1, 0.15) is 75.1 Å². The lowest BCUT2D eigenvalue weighted by atomic mass is 9.97. The Morgan fingerprint density at radius 1 is 1.13 bits per heavy atom. The highest BCUT2D eigenvalue weighted by atomic mass is 32.2. The molecule has 2 aliphatic heterocycles. The number of ether oxygens (including phenoxy) is 1. The number of pyridine rings is 1. The van der Waals surface area contributed by atoms with Gasteiger partial charge in [-0.05, 0) is 76.5 Å². The van der Waals surface area contributed by atoms with E-state index in [-0.39, 0.29) is 36.1 Å². The molecular formula is C37H43F3N6O6S2. The van der Waals surface area contributed by atoms with E-state index in [0.717, 1.165) is 40.7 Å². The number of benzene rings is 1. The summed E-state index contributed by atoms with van der Waals surface area (Å²) in [6, 6.07) is 3.83. The van der Waals surface area contributed by atoms with Gasteiger partial charge in [-0.15, -0.1) is 11.3 Å². The summed E-state index contributed by atoms with van der Waals surface area (Å²) in [5.41, 5.74) is -0.0620. The van der Waals surface area contributed by atoms with Crippen LogP contribution in [0.3, 0.4) is 0 Å². The van der Waals surface area contributed by atoms with E-state index < -0.39 is 62.1 Å². The fourth-order valence-electron chi connectivity index (χ4n) is 7.18. The van der Waals surface area contributed by atoms with Gasteiger partial charge in [-0.25, -0.2) is 23.2 Å². The highest BCUT2D eigenvalue weighted by Crippen LogP contribution is 2.48. The van der Waals surface area contributed by atoms with Gasteiger partial charge in [0.15, 0.2) is 5.69 Å². The van der Waals surface area contributed by atoms with Crippen molar-refractivity contribution in [3.63, 3.8) is 0 Å². The number of aryl methyl sites for hydroxylation is 2. The maximum atomic E-state index is 14.4. The minimum Gasteiger partial charge on any atom is -0.489 e. The monoisotopic (exact) mass is 788 g/mol. The molecular weight excluding hydrogens is 746 g/mol. The van der Waals surface area contributed by atoms with Crippen molar-refractivity contribution in [3.8, 4) is 16.5 Å². The molecule has 4 heterocycles. The second-order valence-corrected chi connectivity index (χ2v) is 18.3. The fourth-order valence-corrected chi connectivity index (χ4v) is 9.28. The summed E-state index contributed by atoms with van der Waals surface area (Å²) in [4.78, 5) is 53.5. The SMILES string of the molecule is Cc1ccc2c(O[C@H]3CCN4C(=O)N(C)CCCC/C=C\[C@@H]5C[C@@]5(C(=O)NS(=O)(=O)C5(C)CC5)NC(=O)[C@@H]4C3)cc(-c3nc(C(F)(F)F)cs3)nc2c1C. The Labute approximate surface area is 315 Å². The highest BCUT2D eigenvalue weighted by molar-refractivity contribution is 7.91. The zero-order valence-electron chi connectivity index (χ0n) is 30.5. The minimum absolute atomic E-state index is 0.0272. The molecule has 12 nitrogen and oxygen atoms in total. The number of hydrogen-bond donors (Lipinski definition) is 2. The third-order valence-corrected chi connectivity index (χ3v) is 14.3. The van der Waals surface area contributed by atoms with Gasteiger partial charge in [-0.3, -0.25) is 14.3 Å². The summed E-state index contributed by atoms with van der Waals surface area (Å²) in [7, 11) is -2.32. The molecule has 4 atom stereocenters. The van der Waals surface area contributed by atoms with Gasteiger partial charge < -0.3 is 19.9 Å².